The molecule has 3 atom stereocenters. The molecule has 1 N–H and O–H groups in total. The molecule has 0 spiro atoms. The van der Waals surface area contributed by atoms with Crippen molar-refractivity contribution in [1.29, 1.82) is 0 Å². The number of carboxylic acid groups (broad SMARTS) is 1. The molecule has 3 unspecified atom stereocenters. The summed E-state index contributed by atoms with van der Waals surface area (Å²) >= 11 is 0.613. The summed E-state index contributed by atoms with van der Waals surface area (Å²) in [7, 11) is 0. The van der Waals surface area contributed by atoms with E-state index in [9.17, 15) is 4.79 Å². The van der Waals surface area contributed by atoms with E-state index in [0.29, 0.717) is 35.5 Å². The molecule has 0 amide bonds. The quantitative estimate of drug-likeness (QED) is 0.291. The molecule has 1 fully saturated rings. The van der Waals surface area contributed by atoms with Gasteiger partial charge in [-0.1, -0.05) is 41.5 Å². The van der Waals surface area contributed by atoms with E-state index < -0.39 is 5.97 Å². The summed E-state index contributed by atoms with van der Waals surface area (Å²) in [5.74, 6) is 0.984. The fourth-order valence-electron chi connectivity index (χ4n) is 2.90. The molecule has 0 aromatic rings. The van der Waals surface area contributed by atoms with Crippen LogP contribution in [0.25, 0.3) is 0 Å². The second-order valence-electron chi connectivity index (χ2n) is 5.41. The van der Waals surface area contributed by atoms with E-state index >= 15 is 0 Å². The van der Waals surface area contributed by atoms with Gasteiger partial charge in [0.1, 0.15) is 0 Å². The zero-order chi connectivity index (χ0) is 18.2. The summed E-state index contributed by atoms with van der Waals surface area (Å²) in [6.07, 6.45) is 8.19. The molecule has 1 saturated carbocycles. The van der Waals surface area contributed by atoms with Crippen molar-refractivity contribution >= 4 is 5.97 Å². The van der Waals surface area contributed by atoms with Gasteiger partial charge < -0.3 is 0 Å². The molecule has 131 valence electrons. The molecule has 2 nitrogen and oxygen atoms in total. The minimum atomic E-state index is -0.582. The van der Waals surface area contributed by atoms with Crippen molar-refractivity contribution < 1.29 is 36.0 Å². The third kappa shape index (κ3) is 11.9. The van der Waals surface area contributed by atoms with Crippen LogP contribution in [0, 0.1) is 11.8 Å². The molecule has 0 aromatic heterocycles. The average molecular weight is 502 g/mol. The third-order valence-electron chi connectivity index (χ3n) is 4.03. The van der Waals surface area contributed by atoms with Crippen molar-refractivity contribution in [2.45, 2.75) is 103 Å². The first-order valence-corrected chi connectivity index (χ1v) is 12.4. The van der Waals surface area contributed by atoms with Crippen LogP contribution in [0.4, 0.5) is 0 Å². The van der Waals surface area contributed by atoms with Crippen LogP contribution in [0.3, 0.4) is 0 Å². The summed E-state index contributed by atoms with van der Waals surface area (Å²) in [6, 6.07) is 0. The molecule has 0 radical (unpaired) electrons. The normalized spacial score (nSPS) is 22.7. The molecule has 0 heterocycles. The van der Waals surface area contributed by atoms with Crippen LogP contribution >= 0.6 is 0 Å². The van der Waals surface area contributed by atoms with E-state index in [4.69, 9.17) is 5.11 Å². The molecule has 0 saturated heterocycles. The molecule has 1 aliphatic rings. The summed E-state index contributed by atoms with van der Waals surface area (Å²) < 4.78 is 0.304. The van der Waals surface area contributed by atoms with Gasteiger partial charge in [0.2, 0.25) is 0 Å². The third-order valence-corrected chi connectivity index (χ3v) is 8.16. The van der Waals surface area contributed by atoms with Crippen LogP contribution in [-0.2, 0) is 30.9 Å². The number of unbranched alkanes of at least 4 members (excludes halogenated alkanes) is 2. The fourth-order valence-corrected chi connectivity index (χ4v) is 6.23. The zero-order valence-electron chi connectivity index (χ0n) is 16.7. The van der Waals surface area contributed by atoms with E-state index in [2.05, 4.69) is 13.8 Å². The molecule has 1 rings (SSSR count). The van der Waals surface area contributed by atoms with E-state index in [1.165, 1.54) is 38.5 Å². The summed E-state index contributed by atoms with van der Waals surface area (Å²) in [5.41, 5.74) is 0. The molecular weight excluding hydrogens is 461 g/mol. The Kier molecular flexibility index (Phi) is 22.0. The Labute approximate surface area is 156 Å². The first-order chi connectivity index (χ1) is 10.5. The second-order valence-corrected chi connectivity index (χ2v) is 10.9. The number of rotatable bonds is 8. The number of hydrogen-bond donors (Lipinski definition) is 1. The predicted octanol–water partition coefficient (Wildman–Crippen LogP) is 6.87. The molecule has 0 bridgehead atoms. The molecule has 1 aliphatic carbocycles. The maximum absolute atomic E-state index is 10.8. The van der Waals surface area contributed by atoms with Gasteiger partial charge in [-0.05, 0) is 0 Å². The predicted molar refractivity (Wildman–Crippen MR) is 95.0 cm³/mol. The van der Waals surface area contributed by atoms with Gasteiger partial charge in [-0.3, -0.25) is 0 Å². The van der Waals surface area contributed by atoms with E-state index in [1.54, 1.807) is 0 Å². The van der Waals surface area contributed by atoms with Crippen LogP contribution < -0.4 is 0 Å². The SMILES string of the molecule is CC.CC.CC.CCCCCC(CC)C1C[C]1([Hg])CC(=O)O. The Bertz CT molecular complexity index is 244. The molecule has 0 aromatic carbocycles. The minimum absolute atomic E-state index is 0.304. The molecular formula is C19H41HgO2. The van der Waals surface area contributed by atoms with Gasteiger partial charge >= 0.3 is 116 Å². The van der Waals surface area contributed by atoms with Gasteiger partial charge in [-0.2, -0.15) is 0 Å². The number of hydrogen-bond acceptors (Lipinski definition) is 1. The Morgan fingerprint density at radius 3 is 2.00 bits per heavy atom. The van der Waals surface area contributed by atoms with Gasteiger partial charge in [0.05, 0.1) is 0 Å². The van der Waals surface area contributed by atoms with Crippen molar-refractivity contribution in [3.8, 4) is 0 Å². The van der Waals surface area contributed by atoms with Crippen LogP contribution in [0.1, 0.15) is 100 Å². The Hall–Kier alpha value is 0.405. The Balaban J connectivity index is -0.000000535. The zero-order valence-corrected chi connectivity index (χ0v) is 22.2. The van der Waals surface area contributed by atoms with Gasteiger partial charge in [-0.15, -0.1) is 0 Å². The Morgan fingerprint density at radius 2 is 1.64 bits per heavy atom. The first-order valence-electron chi connectivity index (χ1n) is 9.60. The standard InChI is InChI=1S/C13H23O2.3C2H6.Hg/c1-3-5-6-7-10(4-2)12-8-11(12)9-13(14)15;3*1-2;/h10,12H,3-9H2,1-2H3,(H,14,15);3*1-2H3;. The van der Waals surface area contributed by atoms with Gasteiger partial charge in [0.25, 0.3) is 0 Å². The van der Waals surface area contributed by atoms with Crippen molar-refractivity contribution in [3.05, 3.63) is 0 Å². The fraction of sp³-hybridized carbons (Fsp3) is 0.947. The Morgan fingerprint density at radius 1 is 1.14 bits per heavy atom. The van der Waals surface area contributed by atoms with Crippen LogP contribution in [0.2, 0.25) is 2.92 Å². The van der Waals surface area contributed by atoms with Crippen LogP contribution in [-0.4, -0.2) is 11.1 Å². The van der Waals surface area contributed by atoms with Crippen LogP contribution in [0.15, 0.2) is 0 Å². The summed E-state index contributed by atoms with van der Waals surface area (Å²) in [5, 5.41) is 8.91. The average Bonchev–Trinajstić information content (AvgIpc) is 3.19. The van der Waals surface area contributed by atoms with E-state index in [1.807, 2.05) is 41.5 Å². The van der Waals surface area contributed by atoms with Gasteiger partial charge in [-0.25, -0.2) is 0 Å². The second kappa shape index (κ2) is 17.8. The van der Waals surface area contributed by atoms with Crippen molar-refractivity contribution in [2.75, 3.05) is 0 Å². The maximum atomic E-state index is 10.8. The monoisotopic (exact) mass is 503 g/mol. The topological polar surface area (TPSA) is 37.3 Å². The van der Waals surface area contributed by atoms with Gasteiger partial charge in [0, 0.05) is 0 Å². The van der Waals surface area contributed by atoms with Crippen molar-refractivity contribution in [2.24, 2.45) is 11.8 Å². The molecule has 0 aliphatic heterocycles. The number of carbonyl (C=O) groups is 1. The summed E-state index contributed by atoms with van der Waals surface area (Å²) in [6.45, 7) is 16.5. The van der Waals surface area contributed by atoms with E-state index in [-0.39, 0.29) is 0 Å². The first kappa shape index (κ1) is 27.3. The van der Waals surface area contributed by atoms with Gasteiger partial charge in [0.15, 0.2) is 0 Å². The molecule has 3 heteroatoms. The summed E-state index contributed by atoms with van der Waals surface area (Å²) in [4.78, 5) is 10.8. The van der Waals surface area contributed by atoms with Crippen molar-refractivity contribution in [3.63, 3.8) is 0 Å². The number of carboxylic acids is 1. The van der Waals surface area contributed by atoms with Crippen molar-refractivity contribution in [1.82, 2.24) is 0 Å². The van der Waals surface area contributed by atoms with E-state index in [0.717, 1.165) is 11.8 Å². The number of aliphatic carboxylic acids is 1. The van der Waals surface area contributed by atoms with Crippen LogP contribution in [0.5, 0.6) is 0 Å². The molecule has 22 heavy (non-hydrogen) atoms.